The van der Waals surface area contributed by atoms with Crippen molar-refractivity contribution in [1.82, 2.24) is 0 Å². The van der Waals surface area contributed by atoms with Crippen molar-refractivity contribution in [2.24, 2.45) is 5.73 Å². The van der Waals surface area contributed by atoms with Gasteiger partial charge in [0.15, 0.2) is 0 Å². The fraction of sp³-hybridized carbons (Fsp3) is 0.538. The van der Waals surface area contributed by atoms with E-state index in [1.54, 1.807) is 24.9 Å². The topological polar surface area (TPSA) is 29.3 Å². The molecular formula is C13H19F3N2. The summed E-state index contributed by atoms with van der Waals surface area (Å²) in [6.45, 7) is 4.12. The molecule has 1 aromatic rings. The first-order chi connectivity index (χ1) is 8.25. The van der Waals surface area contributed by atoms with Crippen molar-refractivity contribution in [1.29, 1.82) is 0 Å². The van der Waals surface area contributed by atoms with Gasteiger partial charge in [0.2, 0.25) is 0 Å². The molecule has 0 aliphatic heterocycles. The number of hydrogen-bond donors (Lipinski definition) is 1. The average molecular weight is 260 g/mol. The van der Waals surface area contributed by atoms with Gasteiger partial charge < -0.3 is 10.6 Å². The average Bonchev–Trinajstić information content (AvgIpc) is 2.26. The molecule has 0 amide bonds. The van der Waals surface area contributed by atoms with Gasteiger partial charge in [0.1, 0.15) is 0 Å². The number of hydrogen-bond acceptors (Lipinski definition) is 2. The highest BCUT2D eigenvalue weighted by molar-refractivity contribution is 5.56. The smallest absolute Gasteiger partial charge is 0.374 e. The van der Waals surface area contributed by atoms with E-state index in [1.165, 1.54) is 12.1 Å². The van der Waals surface area contributed by atoms with E-state index in [0.717, 1.165) is 0 Å². The lowest BCUT2D eigenvalue weighted by molar-refractivity contribution is -0.137. The molecule has 0 radical (unpaired) electrons. The molecule has 1 rings (SSSR count). The van der Waals surface area contributed by atoms with E-state index < -0.39 is 11.7 Å². The lowest BCUT2D eigenvalue weighted by Gasteiger charge is -2.23. The highest BCUT2D eigenvalue weighted by Gasteiger charge is 2.34. The van der Waals surface area contributed by atoms with Gasteiger partial charge in [-0.1, -0.05) is 6.07 Å². The van der Waals surface area contributed by atoms with E-state index in [1.807, 2.05) is 6.92 Å². The fourth-order valence-electron chi connectivity index (χ4n) is 1.81. The maximum atomic E-state index is 13.0. The standard InChI is InChI=1S/C13H19F3N2/c1-4-18(3)12-6-5-10(7-9(2)17)8-11(12)13(14,15)16/h5-6,8-9H,4,7,17H2,1-3H3. The van der Waals surface area contributed by atoms with Crippen molar-refractivity contribution in [2.45, 2.75) is 32.5 Å². The summed E-state index contributed by atoms with van der Waals surface area (Å²) in [5, 5.41) is 0. The number of benzene rings is 1. The Morgan fingerprint density at radius 1 is 1.33 bits per heavy atom. The van der Waals surface area contributed by atoms with Gasteiger partial charge in [-0.2, -0.15) is 13.2 Å². The van der Waals surface area contributed by atoms with Crippen LogP contribution in [0, 0.1) is 0 Å². The molecule has 0 aliphatic carbocycles. The molecule has 0 saturated carbocycles. The summed E-state index contributed by atoms with van der Waals surface area (Å²) < 4.78 is 39.0. The molecule has 0 spiro atoms. The third-order valence-corrected chi connectivity index (χ3v) is 2.81. The molecule has 18 heavy (non-hydrogen) atoms. The maximum absolute atomic E-state index is 13.0. The summed E-state index contributed by atoms with van der Waals surface area (Å²) in [6, 6.07) is 4.27. The minimum atomic E-state index is -4.34. The van der Waals surface area contributed by atoms with Gasteiger partial charge in [-0.25, -0.2) is 0 Å². The molecule has 0 aliphatic rings. The molecule has 0 heterocycles. The highest BCUT2D eigenvalue weighted by Crippen LogP contribution is 2.37. The molecule has 1 unspecified atom stereocenters. The molecule has 0 saturated heterocycles. The van der Waals surface area contributed by atoms with Crippen LogP contribution in [0.25, 0.3) is 0 Å². The third kappa shape index (κ3) is 3.63. The molecule has 0 bridgehead atoms. The van der Waals surface area contributed by atoms with Crippen LogP contribution in [0.4, 0.5) is 18.9 Å². The third-order valence-electron chi connectivity index (χ3n) is 2.81. The van der Waals surface area contributed by atoms with Crippen LogP contribution >= 0.6 is 0 Å². The first-order valence-electron chi connectivity index (χ1n) is 5.92. The minimum Gasteiger partial charge on any atom is -0.374 e. The number of anilines is 1. The van der Waals surface area contributed by atoms with Gasteiger partial charge in [0.05, 0.1) is 5.56 Å². The second-order valence-electron chi connectivity index (χ2n) is 4.54. The van der Waals surface area contributed by atoms with Crippen molar-refractivity contribution in [3.8, 4) is 0 Å². The van der Waals surface area contributed by atoms with Crippen LogP contribution in [0.3, 0.4) is 0 Å². The zero-order valence-electron chi connectivity index (χ0n) is 10.9. The summed E-state index contributed by atoms with van der Waals surface area (Å²) in [5.41, 5.74) is 5.85. The molecule has 1 aromatic carbocycles. The lowest BCUT2D eigenvalue weighted by atomic mass is 10.0. The number of nitrogens with zero attached hydrogens (tertiary/aromatic N) is 1. The second kappa shape index (κ2) is 5.61. The van der Waals surface area contributed by atoms with E-state index >= 15 is 0 Å². The van der Waals surface area contributed by atoms with E-state index in [2.05, 4.69) is 0 Å². The van der Waals surface area contributed by atoms with Crippen molar-refractivity contribution in [2.75, 3.05) is 18.5 Å². The van der Waals surface area contributed by atoms with E-state index in [9.17, 15) is 13.2 Å². The maximum Gasteiger partial charge on any atom is 0.418 e. The Morgan fingerprint density at radius 2 is 1.94 bits per heavy atom. The molecule has 1 atom stereocenters. The largest absolute Gasteiger partial charge is 0.418 e. The molecule has 102 valence electrons. The second-order valence-corrected chi connectivity index (χ2v) is 4.54. The van der Waals surface area contributed by atoms with E-state index in [-0.39, 0.29) is 11.7 Å². The number of alkyl halides is 3. The Labute approximate surface area is 106 Å². The minimum absolute atomic E-state index is 0.152. The Hall–Kier alpha value is -1.23. The molecule has 0 fully saturated rings. The summed E-state index contributed by atoms with van der Waals surface area (Å²) >= 11 is 0. The van der Waals surface area contributed by atoms with Crippen LogP contribution in [-0.4, -0.2) is 19.6 Å². The SMILES string of the molecule is CCN(C)c1ccc(CC(C)N)cc1C(F)(F)F. The molecular weight excluding hydrogens is 241 g/mol. The van der Waals surface area contributed by atoms with Crippen molar-refractivity contribution in [3.05, 3.63) is 29.3 Å². The molecule has 2 nitrogen and oxygen atoms in total. The normalized spacial score (nSPS) is 13.5. The van der Waals surface area contributed by atoms with Crippen molar-refractivity contribution >= 4 is 5.69 Å². The summed E-state index contributed by atoms with van der Waals surface area (Å²) in [7, 11) is 1.65. The van der Waals surface area contributed by atoms with Crippen LogP contribution in [0.1, 0.15) is 25.0 Å². The molecule has 5 heteroatoms. The zero-order valence-corrected chi connectivity index (χ0v) is 10.9. The van der Waals surface area contributed by atoms with Crippen LogP contribution in [0.5, 0.6) is 0 Å². The predicted molar refractivity (Wildman–Crippen MR) is 67.7 cm³/mol. The van der Waals surface area contributed by atoms with Crippen LogP contribution in [0.15, 0.2) is 18.2 Å². The number of rotatable bonds is 4. The van der Waals surface area contributed by atoms with Gasteiger partial charge in [0.25, 0.3) is 0 Å². The summed E-state index contributed by atoms with van der Waals surface area (Å²) in [5.74, 6) is 0. The van der Waals surface area contributed by atoms with Gasteiger partial charge in [0, 0.05) is 25.3 Å². The first-order valence-corrected chi connectivity index (χ1v) is 5.92. The van der Waals surface area contributed by atoms with Crippen LogP contribution in [-0.2, 0) is 12.6 Å². The monoisotopic (exact) mass is 260 g/mol. The van der Waals surface area contributed by atoms with Crippen LogP contribution < -0.4 is 10.6 Å². The molecule has 0 aromatic heterocycles. The summed E-state index contributed by atoms with van der Waals surface area (Å²) in [6.07, 6.45) is -3.90. The van der Waals surface area contributed by atoms with Crippen molar-refractivity contribution in [3.63, 3.8) is 0 Å². The Balaban J connectivity index is 3.21. The predicted octanol–water partition coefficient (Wildman–Crippen LogP) is 3.05. The van der Waals surface area contributed by atoms with Gasteiger partial charge in [-0.05, 0) is 38.0 Å². The van der Waals surface area contributed by atoms with Crippen LogP contribution in [0.2, 0.25) is 0 Å². The Kier molecular flexibility index (Phi) is 4.62. The first kappa shape index (κ1) is 14.8. The quantitative estimate of drug-likeness (QED) is 0.901. The van der Waals surface area contributed by atoms with Gasteiger partial charge >= 0.3 is 6.18 Å². The van der Waals surface area contributed by atoms with Crippen molar-refractivity contribution < 1.29 is 13.2 Å². The zero-order chi connectivity index (χ0) is 13.9. The summed E-state index contributed by atoms with van der Waals surface area (Å²) in [4.78, 5) is 1.58. The number of nitrogens with two attached hydrogens (primary N) is 1. The van der Waals surface area contributed by atoms with E-state index in [0.29, 0.717) is 18.5 Å². The number of halogens is 3. The Bertz CT molecular complexity index is 400. The Morgan fingerprint density at radius 3 is 2.39 bits per heavy atom. The molecule has 2 N–H and O–H groups in total. The fourth-order valence-corrected chi connectivity index (χ4v) is 1.81. The van der Waals surface area contributed by atoms with E-state index in [4.69, 9.17) is 5.73 Å². The van der Waals surface area contributed by atoms with Gasteiger partial charge in [-0.3, -0.25) is 0 Å². The van der Waals surface area contributed by atoms with Gasteiger partial charge in [-0.15, -0.1) is 0 Å². The lowest BCUT2D eigenvalue weighted by Crippen LogP contribution is -2.22. The highest BCUT2D eigenvalue weighted by atomic mass is 19.4.